The van der Waals surface area contributed by atoms with Gasteiger partial charge in [-0.3, -0.25) is 0 Å². The molecule has 5 nitrogen and oxygen atoms in total. The molecule has 1 aromatic heterocycles. The van der Waals surface area contributed by atoms with Crippen LogP contribution in [0.4, 0.5) is 0 Å². The number of ether oxygens (including phenoxy) is 2. The number of fused-ring (bicyclic) bond motifs is 1. The highest BCUT2D eigenvalue weighted by molar-refractivity contribution is 6.04. The molecule has 158 valence electrons. The predicted octanol–water partition coefficient (Wildman–Crippen LogP) is 4.71. The number of methoxy groups -OCH3 is 2. The molecular formula is C25H30N2O3. The lowest BCUT2D eigenvalue weighted by atomic mass is 9.89. The molecule has 0 atom stereocenters. The molecule has 4 rings (SSSR count). The van der Waals surface area contributed by atoms with Gasteiger partial charge in [0.1, 0.15) is 5.75 Å². The van der Waals surface area contributed by atoms with Crippen molar-refractivity contribution in [3.8, 4) is 5.75 Å². The zero-order chi connectivity index (χ0) is 20.9. The molecule has 0 radical (unpaired) electrons. The highest BCUT2D eigenvalue weighted by Crippen LogP contribution is 2.34. The first-order chi connectivity index (χ1) is 14.7. The van der Waals surface area contributed by atoms with E-state index in [9.17, 15) is 4.79 Å². The summed E-state index contributed by atoms with van der Waals surface area (Å²) in [7, 11) is 3.19. The van der Waals surface area contributed by atoms with Crippen LogP contribution in [0, 0.1) is 0 Å². The monoisotopic (exact) mass is 406 g/mol. The quantitative estimate of drug-likeness (QED) is 0.533. The average molecular weight is 407 g/mol. The fourth-order valence-electron chi connectivity index (χ4n) is 4.64. The van der Waals surface area contributed by atoms with E-state index in [1.807, 2.05) is 30.5 Å². The van der Waals surface area contributed by atoms with Crippen LogP contribution in [0.25, 0.3) is 10.9 Å². The SMILES string of the molecule is COC(=O)c1cn(CCCN2CCC(c3ccccc3OC)CC2)c2ccccc12. The van der Waals surface area contributed by atoms with Crippen LogP contribution in [0.3, 0.4) is 0 Å². The molecule has 0 spiro atoms. The minimum atomic E-state index is -0.275. The van der Waals surface area contributed by atoms with E-state index in [-0.39, 0.29) is 5.97 Å². The summed E-state index contributed by atoms with van der Waals surface area (Å²) >= 11 is 0. The molecule has 0 aliphatic carbocycles. The first kappa shape index (κ1) is 20.5. The van der Waals surface area contributed by atoms with Crippen molar-refractivity contribution < 1.29 is 14.3 Å². The topological polar surface area (TPSA) is 43.7 Å². The molecule has 5 heteroatoms. The number of rotatable bonds is 7. The molecule has 3 aromatic rings. The summed E-state index contributed by atoms with van der Waals surface area (Å²) in [6, 6.07) is 16.4. The second-order valence-electron chi connectivity index (χ2n) is 7.96. The van der Waals surface area contributed by atoms with Gasteiger partial charge in [0.05, 0.1) is 19.8 Å². The summed E-state index contributed by atoms with van der Waals surface area (Å²) in [4.78, 5) is 14.7. The Kier molecular flexibility index (Phi) is 6.38. The third kappa shape index (κ3) is 4.21. The van der Waals surface area contributed by atoms with Crippen LogP contribution in [-0.4, -0.2) is 49.3 Å². The minimum Gasteiger partial charge on any atom is -0.496 e. The highest BCUT2D eigenvalue weighted by Gasteiger charge is 2.22. The van der Waals surface area contributed by atoms with E-state index in [2.05, 4.69) is 33.7 Å². The Hall–Kier alpha value is -2.79. The maximum atomic E-state index is 12.1. The average Bonchev–Trinajstić information content (AvgIpc) is 3.18. The fourth-order valence-corrected chi connectivity index (χ4v) is 4.64. The summed E-state index contributed by atoms with van der Waals surface area (Å²) in [6.45, 7) is 4.19. The molecule has 0 saturated carbocycles. The van der Waals surface area contributed by atoms with Gasteiger partial charge >= 0.3 is 5.97 Å². The molecule has 0 amide bonds. The number of piperidine rings is 1. The Balaban J connectivity index is 1.33. The number of carbonyl (C=O) groups excluding carboxylic acids is 1. The Morgan fingerprint density at radius 2 is 1.73 bits per heavy atom. The van der Waals surface area contributed by atoms with Crippen molar-refractivity contribution in [2.45, 2.75) is 31.7 Å². The van der Waals surface area contributed by atoms with Gasteiger partial charge in [-0.2, -0.15) is 0 Å². The van der Waals surface area contributed by atoms with Gasteiger partial charge in [-0.1, -0.05) is 36.4 Å². The lowest BCUT2D eigenvalue weighted by molar-refractivity contribution is 0.0602. The van der Waals surface area contributed by atoms with E-state index in [0.717, 1.165) is 49.3 Å². The first-order valence-corrected chi connectivity index (χ1v) is 10.7. The minimum absolute atomic E-state index is 0.275. The van der Waals surface area contributed by atoms with Crippen molar-refractivity contribution in [1.29, 1.82) is 0 Å². The molecule has 0 N–H and O–H groups in total. The molecule has 1 fully saturated rings. The van der Waals surface area contributed by atoms with Crippen LogP contribution in [0.2, 0.25) is 0 Å². The van der Waals surface area contributed by atoms with Gasteiger partial charge in [-0.25, -0.2) is 4.79 Å². The van der Waals surface area contributed by atoms with E-state index in [1.165, 1.54) is 25.5 Å². The van der Waals surface area contributed by atoms with Gasteiger partial charge in [0.15, 0.2) is 0 Å². The Morgan fingerprint density at radius 3 is 2.50 bits per heavy atom. The number of nitrogens with zero attached hydrogens (tertiary/aromatic N) is 2. The molecule has 0 unspecified atom stereocenters. The summed E-state index contributed by atoms with van der Waals surface area (Å²) in [5, 5.41) is 0.960. The van der Waals surface area contributed by atoms with Gasteiger partial charge in [-0.15, -0.1) is 0 Å². The van der Waals surface area contributed by atoms with Crippen molar-refractivity contribution in [1.82, 2.24) is 9.47 Å². The standard InChI is InChI=1S/C25H30N2O3/c1-29-24-11-6-4-8-20(24)19-12-16-26(17-13-19)14-7-15-27-18-22(25(28)30-2)21-9-3-5-10-23(21)27/h3-6,8-11,18-19H,7,12-17H2,1-2H3. The number of para-hydroxylation sites is 2. The zero-order valence-corrected chi connectivity index (χ0v) is 17.8. The molecular weight excluding hydrogens is 376 g/mol. The van der Waals surface area contributed by atoms with Crippen molar-refractivity contribution in [2.75, 3.05) is 33.9 Å². The van der Waals surface area contributed by atoms with Gasteiger partial charge in [0.25, 0.3) is 0 Å². The predicted molar refractivity (Wildman–Crippen MR) is 119 cm³/mol. The lowest BCUT2D eigenvalue weighted by Crippen LogP contribution is -2.34. The fraction of sp³-hybridized carbons (Fsp3) is 0.400. The lowest BCUT2D eigenvalue weighted by Gasteiger charge is -2.32. The van der Waals surface area contributed by atoms with Gasteiger partial charge in [0, 0.05) is 23.6 Å². The van der Waals surface area contributed by atoms with Crippen LogP contribution in [0.15, 0.2) is 54.7 Å². The number of esters is 1. The molecule has 1 aliphatic rings. The third-order valence-corrected chi connectivity index (χ3v) is 6.23. The smallest absolute Gasteiger partial charge is 0.340 e. The number of aryl methyl sites for hydroxylation is 1. The van der Waals surface area contributed by atoms with Crippen molar-refractivity contribution in [2.24, 2.45) is 0 Å². The normalized spacial score (nSPS) is 15.4. The summed E-state index contributed by atoms with van der Waals surface area (Å²) < 4.78 is 12.7. The maximum absolute atomic E-state index is 12.1. The Bertz CT molecular complexity index is 1000. The molecule has 1 aliphatic heterocycles. The Labute approximate surface area is 178 Å². The van der Waals surface area contributed by atoms with Crippen molar-refractivity contribution in [3.05, 3.63) is 65.9 Å². The van der Waals surface area contributed by atoms with Crippen LogP contribution in [0.1, 0.15) is 41.1 Å². The van der Waals surface area contributed by atoms with E-state index < -0.39 is 0 Å². The maximum Gasteiger partial charge on any atom is 0.340 e. The largest absolute Gasteiger partial charge is 0.496 e. The highest BCUT2D eigenvalue weighted by atomic mass is 16.5. The van der Waals surface area contributed by atoms with Crippen molar-refractivity contribution in [3.63, 3.8) is 0 Å². The molecule has 30 heavy (non-hydrogen) atoms. The second kappa shape index (κ2) is 9.35. The van der Waals surface area contributed by atoms with E-state index in [0.29, 0.717) is 11.5 Å². The molecule has 0 bridgehead atoms. The van der Waals surface area contributed by atoms with Crippen LogP contribution in [-0.2, 0) is 11.3 Å². The summed E-state index contributed by atoms with van der Waals surface area (Å²) in [5.74, 6) is 1.31. The third-order valence-electron chi connectivity index (χ3n) is 6.23. The van der Waals surface area contributed by atoms with Gasteiger partial charge < -0.3 is 18.9 Å². The van der Waals surface area contributed by atoms with E-state index in [1.54, 1.807) is 7.11 Å². The number of aromatic nitrogens is 1. The van der Waals surface area contributed by atoms with E-state index >= 15 is 0 Å². The number of carbonyl (C=O) groups is 1. The molecule has 2 aromatic carbocycles. The number of hydrogen-bond acceptors (Lipinski definition) is 4. The van der Waals surface area contributed by atoms with Crippen LogP contribution in [0.5, 0.6) is 5.75 Å². The summed E-state index contributed by atoms with van der Waals surface area (Å²) in [6.07, 6.45) is 5.32. The summed E-state index contributed by atoms with van der Waals surface area (Å²) in [5.41, 5.74) is 3.08. The molecule has 1 saturated heterocycles. The van der Waals surface area contributed by atoms with Crippen LogP contribution >= 0.6 is 0 Å². The zero-order valence-electron chi connectivity index (χ0n) is 17.8. The van der Waals surface area contributed by atoms with E-state index in [4.69, 9.17) is 9.47 Å². The van der Waals surface area contributed by atoms with Gasteiger partial charge in [0.2, 0.25) is 0 Å². The van der Waals surface area contributed by atoms with Crippen molar-refractivity contribution >= 4 is 16.9 Å². The van der Waals surface area contributed by atoms with Crippen LogP contribution < -0.4 is 4.74 Å². The first-order valence-electron chi connectivity index (χ1n) is 10.7. The number of hydrogen-bond donors (Lipinski definition) is 0. The van der Waals surface area contributed by atoms with Gasteiger partial charge in [-0.05, 0) is 62.5 Å². The number of benzene rings is 2. The Morgan fingerprint density at radius 1 is 1.00 bits per heavy atom. The second-order valence-corrected chi connectivity index (χ2v) is 7.96. The molecule has 2 heterocycles. The number of likely N-dealkylation sites (tertiary alicyclic amines) is 1.